The largest absolute Gasteiger partial charge is 0.741 e. The lowest BCUT2D eigenvalue weighted by molar-refractivity contribution is -0.782. The predicted molar refractivity (Wildman–Crippen MR) is 236 cm³/mol. The molecule has 3 N–H and O–H groups in total. The molecule has 0 radical (unpaired) electrons. The number of hydrogen-bond acceptors (Lipinski definition) is 13. The third-order valence-electron chi connectivity index (χ3n) is 10.8. The van der Waals surface area contributed by atoms with Crippen LogP contribution in [0.1, 0.15) is 102 Å². The maximum absolute atomic E-state index is 13.2. The Labute approximate surface area is 382 Å². The van der Waals surface area contributed by atoms with E-state index in [-0.39, 0.29) is 29.7 Å². The number of esters is 1. The number of amides is 2. The Morgan fingerprint density at radius 2 is 1.48 bits per heavy atom. The van der Waals surface area contributed by atoms with Crippen molar-refractivity contribution in [1.82, 2.24) is 14.9 Å². The van der Waals surface area contributed by atoms with Crippen LogP contribution in [0, 0.1) is 5.92 Å². The molecule has 17 nitrogen and oxygen atoms in total. The maximum Gasteiger partial charge on any atom is 0.485 e. The van der Waals surface area contributed by atoms with Gasteiger partial charge in [0.05, 0.1) is 23.8 Å². The van der Waals surface area contributed by atoms with Crippen molar-refractivity contribution >= 4 is 36.6 Å². The number of halogens is 3. The summed E-state index contributed by atoms with van der Waals surface area (Å²) in [4.78, 5) is 45.7. The summed E-state index contributed by atoms with van der Waals surface area (Å²) >= 11 is 0. The smallest absolute Gasteiger partial charge is 0.485 e. The molecule has 370 valence electrons. The number of alkyl carbamates (subject to hydrolysis) is 1. The average Bonchev–Trinajstić information content (AvgIpc) is 3.49. The van der Waals surface area contributed by atoms with Crippen LogP contribution in [0.4, 0.5) is 22.8 Å². The quantitative estimate of drug-likeness (QED) is 0.0419. The second-order valence-corrected chi connectivity index (χ2v) is 27.3. The van der Waals surface area contributed by atoms with Crippen LogP contribution in [0.2, 0.25) is 18.1 Å². The number of nitrogens with zero attached hydrogens (tertiary/aromatic N) is 3. The number of fused-ring (bicyclic) bond motifs is 1. The molecule has 65 heavy (non-hydrogen) atoms. The third-order valence-corrected chi connectivity index (χ3v) is 15.9. The van der Waals surface area contributed by atoms with E-state index in [1.807, 2.05) is 53.7 Å². The molecule has 4 rings (SSSR count). The first-order chi connectivity index (χ1) is 29.2. The van der Waals surface area contributed by atoms with Gasteiger partial charge < -0.3 is 38.1 Å². The summed E-state index contributed by atoms with van der Waals surface area (Å²) in [7, 11) is -8.36. The Hall–Kier alpha value is -3.96. The standard InChI is InChI=1S/C42H69N5O9Si.CHF3O3S/c1-38(2,3)52-35(48)42(13,56-43)34-19-17-30-20-29(16-18-33(30)51-34)31-25-46(24-28-22-45(23-28)37(50)54-40(7,8)9)47(26-31)27-32(55-57(14,15)41(10,11)12)21-44-36(49)53-39(4,5)6;2-1(3,4)8(5,6)7/h16,18,20,25-26,28,32,34H,17,19,21-24,27,43H2,1-15H3;(H,5,6,7)/t32?,34-,42?;/m1./s1. The van der Waals surface area contributed by atoms with E-state index in [9.17, 15) is 27.6 Å². The molecule has 3 heterocycles. The Morgan fingerprint density at radius 3 is 1.97 bits per heavy atom. The molecule has 2 unspecified atom stereocenters. The van der Waals surface area contributed by atoms with Crippen LogP contribution in [0.3, 0.4) is 0 Å². The molecule has 3 atom stereocenters. The number of carbonyl (C=O) groups excluding carboxylic acids is 3. The van der Waals surface area contributed by atoms with Crippen molar-refractivity contribution in [3.63, 3.8) is 0 Å². The van der Waals surface area contributed by atoms with Crippen molar-refractivity contribution < 1.29 is 73.4 Å². The van der Waals surface area contributed by atoms with Crippen molar-refractivity contribution in [2.24, 2.45) is 11.8 Å². The van der Waals surface area contributed by atoms with Crippen LogP contribution in [-0.4, -0.2) is 109 Å². The number of aryl methyl sites for hydroxylation is 1. The molecule has 22 heteroatoms. The molecule has 2 aliphatic rings. The van der Waals surface area contributed by atoms with Crippen LogP contribution < -0.4 is 20.6 Å². The van der Waals surface area contributed by atoms with E-state index in [1.54, 1.807) is 32.6 Å². The highest BCUT2D eigenvalue weighted by molar-refractivity contribution is 7.86. The Bertz CT molecular complexity index is 2100. The first kappa shape index (κ1) is 55.4. The summed E-state index contributed by atoms with van der Waals surface area (Å²) in [6.07, 6.45) is 3.56. The van der Waals surface area contributed by atoms with E-state index in [2.05, 4.69) is 67.0 Å². The molecule has 0 spiro atoms. The molecular formula is C43H70F3N5O12SSi. The minimum atomic E-state index is -6.09. The third kappa shape index (κ3) is 16.1. The van der Waals surface area contributed by atoms with Crippen molar-refractivity contribution in [2.75, 3.05) is 19.6 Å². The number of ether oxygens (including phenoxy) is 4. The maximum atomic E-state index is 13.2. The zero-order chi connectivity index (χ0) is 49.9. The van der Waals surface area contributed by atoms with E-state index in [0.29, 0.717) is 44.8 Å². The van der Waals surface area contributed by atoms with Crippen LogP contribution in [0.5, 0.6) is 5.75 Å². The minimum absolute atomic E-state index is 0.0587. The Kier molecular flexibility index (Phi) is 17.1. The number of benzene rings is 1. The second-order valence-electron chi connectivity index (χ2n) is 21.2. The molecule has 1 fully saturated rings. The number of rotatable bonds is 12. The zero-order valence-electron chi connectivity index (χ0n) is 40.4. The minimum Gasteiger partial charge on any atom is -0.741 e. The molecule has 0 saturated carbocycles. The number of alkyl halides is 3. The van der Waals surface area contributed by atoms with Gasteiger partial charge in [-0.1, -0.05) is 26.8 Å². The highest BCUT2D eigenvalue weighted by Crippen LogP contribution is 2.39. The molecule has 2 amide bonds. The van der Waals surface area contributed by atoms with Crippen molar-refractivity contribution in [1.29, 1.82) is 0 Å². The summed E-state index contributed by atoms with van der Waals surface area (Å²) < 4.78 is 93.4. The summed E-state index contributed by atoms with van der Waals surface area (Å²) in [5, 5.41) is 2.90. The van der Waals surface area contributed by atoms with Crippen LogP contribution in [-0.2, 0) is 57.9 Å². The van der Waals surface area contributed by atoms with Gasteiger partial charge in [-0.25, -0.2) is 28.7 Å². The SMILES string of the molecule is CC(C)(C)OC(=O)NCC(Cn1cc(-c2ccc3c(c2)CC[C@H](C(C)(ON)C(=O)OC(C)(C)C)O3)c[n+]1CC1CN(C(=O)OC(C)(C)C)C1)O[Si](C)(C)C(C)(C)C.O=S(=O)([O-])C(F)(F)F. The molecule has 2 aromatic rings. The predicted octanol–water partition coefficient (Wildman–Crippen LogP) is 6.96. The van der Waals surface area contributed by atoms with Crippen molar-refractivity contribution in [2.45, 2.75) is 174 Å². The highest BCUT2D eigenvalue weighted by Gasteiger charge is 2.49. The van der Waals surface area contributed by atoms with Gasteiger partial charge in [-0.05, 0) is 123 Å². The summed E-state index contributed by atoms with van der Waals surface area (Å²) in [5.74, 6) is 5.98. The monoisotopic (exact) mass is 965 g/mol. The van der Waals surface area contributed by atoms with Gasteiger partial charge in [0.2, 0.25) is 11.8 Å². The van der Waals surface area contributed by atoms with Gasteiger partial charge in [-0.15, -0.1) is 4.68 Å². The fourth-order valence-corrected chi connectivity index (χ4v) is 7.78. The molecule has 2 aliphatic heterocycles. The van der Waals surface area contributed by atoms with E-state index in [4.69, 9.17) is 47.1 Å². The number of likely N-dealkylation sites (tertiary alicyclic amines) is 1. The van der Waals surface area contributed by atoms with E-state index < -0.39 is 64.5 Å². The van der Waals surface area contributed by atoms with Gasteiger partial charge in [0.25, 0.3) is 0 Å². The summed E-state index contributed by atoms with van der Waals surface area (Å²) in [6.45, 7) is 31.7. The van der Waals surface area contributed by atoms with Crippen LogP contribution in [0.25, 0.3) is 11.1 Å². The fraction of sp³-hybridized carbons (Fsp3) is 0.721. The molecular weight excluding hydrogens is 896 g/mol. The average molecular weight is 966 g/mol. The summed E-state index contributed by atoms with van der Waals surface area (Å²) in [5.41, 5.74) is -6.08. The van der Waals surface area contributed by atoms with E-state index in [1.165, 1.54) is 0 Å². The lowest BCUT2D eigenvalue weighted by atomic mass is 9.89. The second kappa shape index (κ2) is 20.1. The number of nitrogens with two attached hydrogens (primary N) is 1. The number of aromatic nitrogens is 2. The Balaban J connectivity index is 0.00000128. The Morgan fingerprint density at radius 1 is 0.923 bits per heavy atom. The van der Waals surface area contributed by atoms with Gasteiger partial charge in [-0.3, -0.25) is 4.84 Å². The molecule has 0 bridgehead atoms. The van der Waals surface area contributed by atoms with Gasteiger partial charge in [0.15, 0.2) is 25.0 Å². The van der Waals surface area contributed by atoms with Gasteiger partial charge >= 0.3 is 23.7 Å². The summed E-state index contributed by atoms with van der Waals surface area (Å²) in [6, 6.07) is 6.04. The van der Waals surface area contributed by atoms with Crippen molar-refractivity contribution in [3.05, 3.63) is 36.2 Å². The molecule has 1 saturated heterocycles. The fourth-order valence-electron chi connectivity index (χ4n) is 6.44. The van der Waals surface area contributed by atoms with E-state index in [0.717, 1.165) is 16.7 Å². The highest BCUT2D eigenvalue weighted by atomic mass is 32.2. The first-order valence-corrected chi connectivity index (χ1v) is 25.7. The molecule has 1 aromatic carbocycles. The van der Waals surface area contributed by atoms with Gasteiger partial charge in [0.1, 0.15) is 35.2 Å². The zero-order valence-corrected chi connectivity index (χ0v) is 42.2. The van der Waals surface area contributed by atoms with Crippen molar-refractivity contribution in [3.8, 4) is 16.9 Å². The van der Waals surface area contributed by atoms with Gasteiger partial charge in [0, 0.05) is 19.6 Å². The lowest BCUT2D eigenvalue weighted by Crippen LogP contribution is -2.58. The lowest BCUT2D eigenvalue weighted by Gasteiger charge is -2.39. The topological polar surface area (TPSA) is 214 Å². The van der Waals surface area contributed by atoms with Gasteiger partial charge in [-0.2, -0.15) is 17.9 Å². The number of hydrogen-bond donors (Lipinski definition) is 2. The number of nitrogens with one attached hydrogen (secondary N) is 1. The van der Waals surface area contributed by atoms with E-state index >= 15 is 0 Å². The normalized spacial score (nSPS) is 17.8. The van der Waals surface area contributed by atoms with Crippen LogP contribution in [0.15, 0.2) is 30.6 Å². The van der Waals surface area contributed by atoms with Crippen LogP contribution >= 0.6 is 0 Å². The molecule has 0 aliphatic carbocycles. The molecule has 1 aromatic heterocycles. The number of carbonyl (C=O) groups is 3. The first-order valence-electron chi connectivity index (χ1n) is 21.4.